The molecular weight excluding hydrogens is 470 g/mol. The van der Waals surface area contributed by atoms with E-state index in [9.17, 15) is 9.59 Å². The second-order valence-corrected chi connectivity index (χ2v) is 9.80. The fourth-order valence-corrected chi connectivity index (χ4v) is 5.01. The molecule has 1 fully saturated rings. The van der Waals surface area contributed by atoms with Crippen molar-refractivity contribution >= 4 is 34.8 Å². The van der Waals surface area contributed by atoms with Crippen LogP contribution in [-0.4, -0.2) is 52.8 Å². The van der Waals surface area contributed by atoms with Crippen LogP contribution in [0.3, 0.4) is 0 Å². The van der Waals surface area contributed by atoms with E-state index in [1.54, 1.807) is 24.3 Å². The lowest BCUT2D eigenvalue weighted by atomic mass is 10.1. The number of aromatic nitrogens is 1. The highest BCUT2D eigenvalue weighted by Gasteiger charge is 2.27. The minimum absolute atomic E-state index is 0.0241. The molecule has 1 aromatic heterocycles. The molecule has 6 nitrogen and oxygen atoms in total. The first-order valence-electron chi connectivity index (χ1n) is 11.5. The number of thiazole rings is 1. The number of piperazine rings is 1. The molecule has 2 heterocycles. The Morgan fingerprint density at radius 2 is 1.68 bits per heavy atom. The molecule has 1 aliphatic heterocycles. The van der Waals surface area contributed by atoms with Crippen LogP contribution in [0.15, 0.2) is 54.6 Å². The summed E-state index contributed by atoms with van der Waals surface area (Å²) >= 11 is 7.27. The molecule has 2 amide bonds. The van der Waals surface area contributed by atoms with Crippen LogP contribution < -0.4 is 4.74 Å². The predicted octanol–water partition coefficient (Wildman–Crippen LogP) is 4.99. The first-order chi connectivity index (χ1) is 16.5. The third kappa shape index (κ3) is 6.36. The minimum Gasteiger partial charge on any atom is -0.486 e. The van der Waals surface area contributed by atoms with Crippen LogP contribution in [-0.2, 0) is 17.8 Å². The molecule has 34 heavy (non-hydrogen) atoms. The van der Waals surface area contributed by atoms with E-state index in [1.165, 1.54) is 16.9 Å². The van der Waals surface area contributed by atoms with Crippen molar-refractivity contribution in [3.63, 3.8) is 0 Å². The zero-order valence-electron chi connectivity index (χ0n) is 19.2. The van der Waals surface area contributed by atoms with Crippen LogP contribution in [0.4, 0.5) is 0 Å². The highest BCUT2D eigenvalue weighted by molar-refractivity contribution is 7.13. The molecule has 3 aromatic rings. The second-order valence-electron chi connectivity index (χ2n) is 8.28. The van der Waals surface area contributed by atoms with E-state index < -0.39 is 0 Å². The number of hydrogen-bond acceptors (Lipinski definition) is 5. The summed E-state index contributed by atoms with van der Waals surface area (Å²) in [6.07, 6.45) is 2.27. The van der Waals surface area contributed by atoms with E-state index in [1.807, 2.05) is 34.9 Å². The molecular formula is C26H28ClN3O3S. The Labute approximate surface area is 209 Å². The molecule has 0 saturated carbocycles. The molecule has 0 radical (unpaired) electrons. The van der Waals surface area contributed by atoms with Gasteiger partial charge in [0.05, 0.1) is 5.69 Å². The van der Waals surface area contributed by atoms with Gasteiger partial charge in [-0.25, -0.2) is 4.98 Å². The van der Waals surface area contributed by atoms with Crippen LogP contribution in [0.1, 0.15) is 38.8 Å². The molecule has 1 saturated heterocycles. The average Bonchev–Trinajstić information content (AvgIpc) is 3.24. The normalized spacial score (nSPS) is 13.7. The molecule has 0 aliphatic carbocycles. The quantitative estimate of drug-likeness (QED) is 0.440. The number of benzene rings is 2. The maximum atomic E-state index is 13.1. The van der Waals surface area contributed by atoms with Crippen LogP contribution in [0.2, 0.25) is 5.02 Å². The van der Waals surface area contributed by atoms with E-state index in [2.05, 4.69) is 17.1 Å². The van der Waals surface area contributed by atoms with E-state index in [-0.39, 0.29) is 11.8 Å². The van der Waals surface area contributed by atoms with E-state index in [0.717, 1.165) is 17.8 Å². The van der Waals surface area contributed by atoms with Crippen molar-refractivity contribution in [1.82, 2.24) is 14.8 Å². The van der Waals surface area contributed by atoms with Crippen LogP contribution in [0, 0.1) is 6.92 Å². The number of amides is 2. The highest BCUT2D eigenvalue weighted by Crippen LogP contribution is 2.23. The summed E-state index contributed by atoms with van der Waals surface area (Å²) < 4.78 is 5.76. The SMILES string of the molecule is Cc1nc(COc2ccc(Cl)cc2)sc1C(=O)N1CCN(C(=O)CCCc2ccccc2)CC1. The summed E-state index contributed by atoms with van der Waals surface area (Å²) in [7, 11) is 0. The smallest absolute Gasteiger partial charge is 0.265 e. The molecule has 0 spiro atoms. The van der Waals surface area contributed by atoms with E-state index in [4.69, 9.17) is 16.3 Å². The molecule has 8 heteroatoms. The van der Waals surface area contributed by atoms with Crippen molar-refractivity contribution in [2.45, 2.75) is 32.8 Å². The first kappa shape index (κ1) is 24.2. The largest absolute Gasteiger partial charge is 0.486 e. The van der Waals surface area contributed by atoms with Crippen LogP contribution in [0.25, 0.3) is 0 Å². The monoisotopic (exact) mass is 497 g/mol. The van der Waals surface area contributed by atoms with Crippen molar-refractivity contribution in [3.05, 3.63) is 80.8 Å². The van der Waals surface area contributed by atoms with E-state index >= 15 is 0 Å². The molecule has 0 N–H and O–H groups in total. The highest BCUT2D eigenvalue weighted by atomic mass is 35.5. The van der Waals surface area contributed by atoms with Gasteiger partial charge < -0.3 is 14.5 Å². The predicted molar refractivity (Wildman–Crippen MR) is 134 cm³/mol. The summed E-state index contributed by atoms with van der Waals surface area (Å²) in [6.45, 7) is 4.36. The molecule has 178 valence electrons. The molecule has 0 bridgehead atoms. The van der Waals surface area contributed by atoms with Gasteiger partial charge in [-0.2, -0.15) is 0 Å². The van der Waals surface area contributed by atoms with Gasteiger partial charge in [-0.1, -0.05) is 41.9 Å². The number of nitrogens with zero attached hydrogens (tertiary/aromatic N) is 3. The van der Waals surface area contributed by atoms with Crippen molar-refractivity contribution in [2.24, 2.45) is 0 Å². The van der Waals surface area contributed by atoms with Crippen LogP contribution in [0.5, 0.6) is 5.75 Å². The van der Waals surface area contributed by atoms with Gasteiger partial charge in [0.15, 0.2) is 0 Å². The number of halogens is 1. The minimum atomic E-state index is -0.0241. The average molecular weight is 498 g/mol. The third-order valence-electron chi connectivity index (χ3n) is 5.83. The Morgan fingerprint density at radius 1 is 1.00 bits per heavy atom. The van der Waals surface area contributed by atoms with Gasteiger partial charge in [0, 0.05) is 37.6 Å². The topological polar surface area (TPSA) is 62.7 Å². The summed E-state index contributed by atoms with van der Waals surface area (Å²) in [6, 6.07) is 17.4. The van der Waals surface area contributed by atoms with E-state index in [0.29, 0.717) is 60.5 Å². The first-order valence-corrected chi connectivity index (χ1v) is 12.6. The van der Waals surface area contributed by atoms with Crippen molar-refractivity contribution < 1.29 is 14.3 Å². The van der Waals surface area contributed by atoms with Gasteiger partial charge in [-0.15, -0.1) is 11.3 Å². The number of ether oxygens (including phenoxy) is 1. The molecule has 4 rings (SSSR count). The van der Waals surface area contributed by atoms with Gasteiger partial charge in [0.25, 0.3) is 5.91 Å². The van der Waals surface area contributed by atoms with Crippen LogP contribution >= 0.6 is 22.9 Å². The number of rotatable bonds is 8. The number of hydrogen-bond donors (Lipinski definition) is 0. The van der Waals surface area contributed by atoms with Gasteiger partial charge in [0.2, 0.25) is 5.91 Å². The lowest BCUT2D eigenvalue weighted by Crippen LogP contribution is -2.50. The maximum absolute atomic E-state index is 13.1. The fraction of sp³-hybridized carbons (Fsp3) is 0.346. The molecule has 2 aromatic carbocycles. The summed E-state index contributed by atoms with van der Waals surface area (Å²) in [5.41, 5.74) is 1.97. The second kappa shape index (κ2) is 11.5. The van der Waals surface area contributed by atoms with Crippen molar-refractivity contribution in [1.29, 1.82) is 0 Å². The number of aryl methyl sites for hydroxylation is 2. The van der Waals surface area contributed by atoms with Gasteiger partial charge in [-0.05, 0) is 49.6 Å². The number of carbonyl (C=O) groups excluding carboxylic acids is 2. The molecule has 1 aliphatic rings. The van der Waals surface area contributed by atoms with Crippen molar-refractivity contribution in [3.8, 4) is 5.75 Å². The standard InChI is InChI=1S/C26H28ClN3O3S/c1-19-25(34-23(28-19)18-33-22-12-10-21(27)11-13-22)26(32)30-16-14-29(15-17-30)24(31)9-5-8-20-6-3-2-4-7-20/h2-4,6-7,10-13H,5,8-9,14-18H2,1H3. The third-order valence-corrected chi connectivity index (χ3v) is 7.20. The van der Waals surface area contributed by atoms with Gasteiger partial charge >= 0.3 is 0 Å². The fourth-order valence-electron chi connectivity index (χ4n) is 3.94. The Balaban J connectivity index is 1.24. The summed E-state index contributed by atoms with van der Waals surface area (Å²) in [5.74, 6) is 0.845. The lowest BCUT2D eigenvalue weighted by Gasteiger charge is -2.34. The zero-order valence-corrected chi connectivity index (χ0v) is 20.8. The lowest BCUT2D eigenvalue weighted by molar-refractivity contribution is -0.132. The Morgan fingerprint density at radius 3 is 2.38 bits per heavy atom. The Kier molecular flexibility index (Phi) is 8.19. The summed E-state index contributed by atoms with van der Waals surface area (Å²) in [4.78, 5) is 34.5. The maximum Gasteiger partial charge on any atom is 0.265 e. The molecule has 0 unspecified atom stereocenters. The Hall–Kier alpha value is -2.90. The Bertz CT molecular complexity index is 1110. The van der Waals surface area contributed by atoms with Crippen molar-refractivity contribution in [2.75, 3.05) is 26.2 Å². The van der Waals surface area contributed by atoms with Gasteiger partial charge in [0.1, 0.15) is 22.2 Å². The van der Waals surface area contributed by atoms with Gasteiger partial charge in [-0.3, -0.25) is 9.59 Å². The molecule has 0 atom stereocenters. The number of carbonyl (C=O) groups is 2. The zero-order chi connectivity index (χ0) is 23.9. The summed E-state index contributed by atoms with van der Waals surface area (Å²) in [5, 5.41) is 1.40.